The Morgan fingerprint density at radius 1 is 1.22 bits per heavy atom. The molecule has 1 aromatic carbocycles. The van der Waals surface area contributed by atoms with Crippen molar-refractivity contribution in [3.05, 3.63) is 59.4 Å². The molecule has 1 atom stereocenters. The summed E-state index contributed by atoms with van der Waals surface area (Å²) >= 11 is 0. The van der Waals surface area contributed by atoms with Gasteiger partial charge in [0.2, 0.25) is 0 Å². The fraction of sp³-hybridized carbons (Fsp3) is 0.368. The maximum Gasteiger partial charge on any atom is 0.258 e. The summed E-state index contributed by atoms with van der Waals surface area (Å²) in [7, 11) is 0. The van der Waals surface area contributed by atoms with Gasteiger partial charge in [0.25, 0.3) is 5.91 Å². The van der Waals surface area contributed by atoms with Crippen LogP contribution in [0.5, 0.6) is 5.75 Å². The number of benzene rings is 1. The molecule has 2 rings (SSSR count). The zero-order valence-electron chi connectivity index (χ0n) is 14.2. The van der Waals surface area contributed by atoms with E-state index in [1.807, 2.05) is 37.3 Å². The average Bonchev–Trinajstić information content (AvgIpc) is 2.53. The Balaban J connectivity index is 1.88. The summed E-state index contributed by atoms with van der Waals surface area (Å²) in [5.74, 6) is 1.04. The van der Waals surface area contributed by atoms with Gasteiger partial charge in [-0.2, -0.15) is 0 Å². The Hall–Kier alpha value is -2.36. The largest absolute Gasteiger partial charge is 0.484 e. The van der Waals surface area contributed by atoms with E-state index >= 15 is 0 Å². The van der Waals surface area contributed by atoms with Gasteiger partial charge in [-0.3, -0.25) is 9.78 Å². The van der Waals surface area contributed by atoms with Gasteiger partial charge in [-0.05, 0) is 55.2 Å². The van der Waals surface area contributed by atoms with Gasteiger partial charge in [-0.25, -0.2) is 0 Å². The summed E-state index contributed by atoms with van der Waals surface area (Å²) < 4.78 is 5.59. The summed E-state index contributed by atoms with van der Waals surface area (Å²) in [5, 5.41) is 2.88. The molecule has 4 heteroatoms. The second-order valence-corrected chi connectivity index (χ2v) is 6.01. The van der Waals surface area contributed by atoms with Crippen molar-refractivity contribution in [2.75, 3.05) is 6.61 Å². The molecule has 0 aliphatic carbocycles. The molecule has 0 bridgehead atoms. The van der Waals surface area contributed by atoms with Crippen LogP contribution in [0.4, 0.5) is 0 Å². The molecule has 1 heterocycles. The lowest BCUT2D eigenvalue weighted by molar-refractivity contribution is -0.123. The van der Waals surface area contributed by atoms with Crippen LogP contribution in [0, 0.1) is 6.92 Å². The van der Waals surface area contributed by atoms with Gasteiger partial charge in [0, 0.05) is 6.20 Å². The van der Waals surface area contributed by atoms with Crippen molar-refractivity contribution in [2.45, 2.75) is 39.7 Å². The fourth-order valence-corrected chi connectivity index (χ4v) is 2.52. The van der Waals surface area contributed by atoms with E-state index in [2.05, 4.69) is 37.1 Å². The highest BCUT2D eigenvalue weighted by atomic mass is 16.5. The number of pyridine rings is 1. The van der Waals surface area contributed by atoms with E-state index in [9.17, 15) is 4.79 Å². The van der Waals surface area contributed by atoms with E-state index in [-0.39, 0.29) is 18.6 Å². The van der Waals surface area contributed by atoms with Crippen molar-refractivity contribution < 1.29 is 9.53 Å². The molecule has 4 nitrogen and oxygen atoms in total. The van der Waals surface area contributed by atoms with Crippen molar-refractivity contribution in [2.24, 2.45) is 0 Å². The lowest BCUT2D eigenvalue weighted by Crippen LogP contribution is -2.31. The number of aromatic nitrogens is 1. The van der Waals surface area contributed by atoms with Gasteiger partial charge < -0.3 is 10.1 Å². The number of aryl methyl sites for hydroxylation is 1. The minimum absolute atomic E-state index is 0.00234. The van der Waals surface area contributed by atoms with Gasteiger partial charge >= 0.3 is 0 Å². The minimum Gasteiger partial charge on any atom is -0.484 e. The first-order valence-corrected chi connectivity index (χ1v) is 7.91. The third kappa shape index (κ3) is 4.81. The van der Waals surface area contributed by atoms with Crippen LogP contribution in [0.3, 0.4) is 0 Å². The molecule has 23 heavy (non-hydrogen) atoms. The molecular formula is C19H24N2O2. The number of nitrogens with one attached hydrogen (secondary N) is 1. The third-order valence-corrected chi connectivity index (χ3v) is 3.74. The molecule has 1 aromatic heterocycles. The van der Waals surface area contributed by atoms with Crippen LogP contribution >= 0.6 is 0 Å². The standard InChI is InChI=1S/C19H24N2O2/c1-13(2)17-9-8-16(11-14(17)3)23-12-19(22)21-15(4)18-7-5-6-10-20-18/h5-11,13,15H,12H2,1-4H3,(H,21,22). The van der Waals surface area contributed by atoms with Crippen LogP contribution in [-0.4, -0.2) is 17.5 Å². The number of carbonyl (C=O) groups is 1. The zero-order valence-corrected chi connectivity index (χ0v) is 14.2. The van der Waals surface area contributed by atoms with Crippen molar-refractivity contribution in [1.29, 1.82) is 0 Å². The summed E-state index contributed by atoms with van der Waals surface area (Å²) in [4.78, 5) is 16.2. The summed E-state index contributed by atoms with van der Waals surface area (Å²) in [6, 6.07) is 11.5. The molecule has 1 amide bonds. The van der Waals surface area contributed by atoms with Crippen LogP contribution in [0.15, 0.2) is 42.6 Å². The molecule has 0 radical (unpaired) electrons. The molecule has 0 aliphatic heterocycles. The quantitative estimate of drug-likeness (QED) is 0.883. The lowest BCUT2D eigenvalue weighted by atomic mass is 9.98. The van der Waals surface area contributed by atoms with Gasteiger partial charge in [0.15, 0.2) is 6.61 Å². The Bertz CT molecular complexity index is 654. The molecule has 0 spiro atoms. The Labute approximate surface area is 137 Å². The average molecular weight is 312 g/mol. The third-order valence-electron chi connectivity index (χ3n) is 3.74. The second-order valence-electron chi connectivity index (χ2n) is 6.01. The SMILES string of the molecule is Cc1cc(OCC(=O)NC(C)c2ccccn2)ccc1C(C)C. The van der Waals surface area contributed by atoms with E-state index in [0.29, 0.717) is 11.7 Å². The summed E-state index contributed by atoms with van der Waals surface area (Å²) in [6.07, 6.45) is 1.72. The van der Waals surface area contributed by atoms with E-state index in [1.165, 1.54) is 11.1 Å². The molecule has 1 N–H and O–H groups in total. The van der Waals surface area contributed by atoms with Crippen LogP contribution in [0.2, 0.25) is 0 Å². The second kappa shape index (κ2) is 7.77. The Morgan fingerprint density at radius 2 is 2.00 bits per heavy atom. The number of ether oxygens (including phenoxy) is 1. The Morgan fingerprint density at radius 3 is 2.61 bits per heavy atom. The maximum absolute atomic E-state index is 12.0. The fourth-order valence-electron chi connectivity index (χ4n) is 2.52. The van der Waals surface area contributed by atoms with Crippen LogP contribution in [-0.2, 0) is 4.79 Å². The number of carbonyl (C=O) groups excluding carboxylic acids is 1. The highest BCUT2D eigenvalue weighted by Crippen LogP contribution is 2.23. The minimum atomic E-state index is -0.159. The first-order valence-electron chi connectivity index (χ1n) is 7.91. The predicted octanol–water partition coefficient (Wildman–Crippen LogP) is 3.77. The molecule has 0 saturated carbocycles. The molecular weight excluding hydrogens is 288 g/mol. The van der Waals surface area contributed by atoms with Crippen LogP contribution in [0.25, 0.3) is 0 Å². The van der Waals surface area contributed by atoms with E-state index in [0.717, 1.165) is 5.69 Å². The van der Waals surface area contributed by atoms with Crippen molar-refractivity contribution in [3.63, 3.8) is 0 Å². The van der Waals surface area contributed by atoms with Crippen molar-refractivity contribution >= 4 is 5.91 Å². The smallest absolute Gasteiger partial charge is 0.258 e. The van der Waals surface area contributed by atoms with Gasteiger partial charge in [0.1, 0.15) is 5.75 Å². The summed E-state index contributed by atoms with van der Waals surface area (Å²) in [6.45, 7) is 8.29. The molecule has 2 aromatic rings. The molecule has 122 valence electrons. The zero-order chi connectivity index (χ0) is 16.8. The predicted molar refractivity (Wildman–Crippen MR) is 91.6 cm³/mol. The maximum atomic E-state index is 12.0. The number of hydrogen-bond acceptors (Lipinski definition) is 3. The summed E-state index contributed by atoms with van der Waals surface area (Å²) in [5.41, 5.74) is 3.31. The van der Waals surface area contributed by atoms with Gasteiger partial charge in [-0.1, -0.05) is 26.0 Å². The molecule has 0 aliphatic rings. The molecule has 0 fully saturated rings. The number of rotatable bonds is 6. The first kappa shape index (κ1) is 17.0. The number of amides is 1. The van der Waals surface area contributed by atoms with E-state index < -0.39 is 0 Å². The van der Waals surface area contributed by atoms with E-state index in [1.54, 1.807) is 6.20 Å². The molecule has 0 saturated heterocycles. The highest BCUT2D eigenvalue weighted by molar-refractivity contribution is 5.77. The van der Waals surface area contributed by atoms with Crippen molar-refractivity contribution in [1.82, 2.24) is 10.3 Å². The number of nitrogens with zero attached hydrogens (tertiary/aromatic N) is 1. The normalized spacial score (nSPS) is 12.0. The van der Waals surface area contributed by atoms with Crippen LogP contribution < -0.4 is 10.1 Å². The highest BCUT2D eigenvalue weighted by Gasteiger charge is 2.11. The monoisotopic (exact) mass is 312 g/mol. The van der Waals surface area contributed by atoms with Crippen LogP contribution in [0.1, 0.15) is 49.6 Å². The molecule has 1 unspecified atom stereocenters. The lowest BCUT2D eigenvalue weighted by Gasteiger charge is -2.15. The van der Waals surface area contributed by atoms with E-state index in [4.69, 9.17) is 4.74 Å². The first-order chi connectivity index (χ1) is 11.0. The van der Waals surface area contributed by atoms with Gasteiger partial charge in [0.05, 0.1) is 11.7 Å². The Kier molecular flexibility index (Phi) is 5.74. The number of hydrogen-bond donors (Lipinski definition) is 1. The van der Waals surface area contributed by atoms with Gasteiger partial charge in [-0.15, -0.1) is 0 Å². The van der Waals surface area contributed by atoms with Crippen molar-refractivity contribution in [3.8, 4) is 5.75 Å². The topological polar surface area (TPSA) is 51.2 Å².